The molecule has 1 unspecified atom stereocenters. The Bertz CT molecular complexity index is 824. The molecule has 0 aliphatic heterocycles. The van der Waals surface area contributed by atoms with E-state index in [0.29, 0.717) is 0 Å². The predicted molar refractivity (Wildman–Crippen MR) is 98.3 cm³/mol. The van der Waals surface area contributed by atoms with Crippen molar-refractivity contribution < 1.29 is 9.90 Å². The molecule has 0 saturated heterocycles. The molecule has 0 spiro atoms. The zero-order valence-electron chi connectivity index (χ0n) is 13.2. The van der Waals surface area contributed by atoms with Gasteiger partial charge in [-0.05, 0) is 0 Å². The third kappa shape index (κ3) is 3.27. The maximum absolute atomic E-state index is 11.2. The van der Waals surface area contributed by atoms with Gasteiger partial charge in [0.15, 0.2) is 0 Å². The van der Waals surface area contributed by atoms with E-state index in [1.807, 2.05) is 6.07 Å². The zero-order valence-corrected chi connectivity index (χ0v) is 16.1. The van der Waals surface area contributed by atoms with Crippen LogP contribution in [0.2, 0.25) is 9.38 Å². The van der Waals surface area contributed by atoms with Gasteiger partial charge in [-0.1, -0.05) is 0 Å². The molecule has 1 atom stereocenters. The van der Waals surface area contributed by atoms with Crippen LogP contribution in [0.5, 0.6) is 0 Å². The summed E-state index contributed by atoms with van der Waals surface area (Å²) in [7, 11) is 0. The van der Waals surface area contributed by atoms with Crippen molar-refractivity contribution in [1.29, 1.82) is 0 Å². The summed E-state index contributed by atoms with van der Waals surface area (Å²) < 4.78 is 3.53. The molecule has 2 nitrogen and oxygen atoms in total. The van der Waals surface area contributed by atoms with Gasteiger partial charge in [-0.2, -0.15) is 0 Å². The van der Waals surface area contributed by atoms with Crippen LogP contribution in [-0.4, -0.2) is 29.5 Å². The quantitative estimate of drug-likeness (QED) is 0.653. The van der Waals surface area contributed by atoms with Crippen LogP contribution in [0, 0.1) is 0 Å². The van der Waals surface area contributed by atoms with Crippen LogP contribution >= 0.6 is 0 Å². The van der Waals surface area contributed by atoms with Crippen molar-refractivity contribution in [2.75, 3.05) is 0 Å². The molecule has 3 aromatic rings. The number of fused-ring (bicyclic) bond motifs is 1. The third-order valence-electron chi connectivity index (χ3n) is 4.63. The van der Waals surface area contributed by atoms with Crippen molar-refractivity contribution in [3.8, 4) is 0 Å². The normalized spacial score (nSPS) is 13.6. The molecule has 0 fully saturated rings. The van der Waals surface area contributed by atoms with Crippen molar-refractivity contribution in [1.82, 2.24) is 0 Å². The van der Waals surface area contributed by atoms with E-state index < -0.39 is 24.3 Å². The predicted octanol–water partition coefficient (Wildman–Crippen LogP) is 3.51. The number of benzene rings is 3. The summed E-state index contributed by atoms with van der Waals surface area (Å²) in [6.45, 7) is 0. The minimum absolute atomic E-state index is 0.241. The molecule has 0 aromatic heterocycles. The van der Waals surface area contributed by atoms with Crippen molar-refractivity contribution in [3.63, 3.8) is 0 Å². The minimum atomic E-state index is -3.02. The molecule has 3 rings (SSSR count). The summed E-state index contributed by atoms with van der Waals surface area (Å²) in [6, 6.07) is 25.4. The van der Waals surface area contributed by atoms with Crippen molar-refractivity contribution >= 4 is 42.3 Å². The number of rotatable bonds is 5. The van der Waals surface area contributed by atoms with Gasteiger partial charge < -0.3 is 0 Å². The second-order valence-corrected chi connectivity index (χ2v) is 18.3. The molecule has 0 heterocycles. The molecule has 1 N–H and O–H groups in total. The van der Waals surface area contributed by atoms with E-state index in [2.05, 4.69) is 71.7 Å². The first-order chi connectivity index (χ1) is 11.1. The van der Waals surface area contributed by atoms with Crippen LogP contribution in [0.4, 0.5) is 0 Å². The molecule has 3 heteroatoms. The fourth-order valence-corrected chi connectivity index (χ4v) is 14.1. The van der Waals surface area contributed by atoms with Gasteiger partial charge in [0.05, 0.1) is 0 Å². The molecule has 0 aliphatic rings. The van der Waals surface area contributed by atoms with Gasteiger partial charge in [0.1, 0.15) is 0 Å². The van der Waals surface area contributed by atoms with E-state index >= 15 is 0 Å². The summed E-state index contributed by atoms with van der Waals surface area (Å²) in [4.78, 5) is 13.6. The number of carbonyl (C=O) groups is 1. The second kappa shape index (κ2) is 6.75. The summed E-state index contributed by atoms with van der Waals surface area (Å²) >= 11 is -3.02. The number of aliphatic carboxylic acids is 1. The van der Waals surface area contributed by atoms with Gasteiger partial charge >= 0.3 is 141 Å². The molecular formula is C20H20O2Sn. The topological polar surface area (TPSA) is 37.3 Å². The summed E-state index contributed by atoms with van der Waals surface area (Å²) in [5.41, 5.74) is 0. The summed E-state index contributed by atoms with van der Waals surface area (Å²) in [5.74, 6) is -0.705. The standard InChI is InChI=1S/C10H7.C6H5.C3H5O2.CH3.Sn/c1-2-6-10-8-4-3-7-9(10)5-1;1-2-4-6-5-3-1;1-2-3(4)5;;/h1-7H;1-5H;1-2H2,(H,4,5);1H3;. The first kappa shape index (κ1) is 16.1. The van der Waals surface area contributed by atoms with E-state index in [0.717, 1.165) is 4.44 Å². The Labute approximate surface area is 140 Å². The van der Waals surface area contributed by atoms with E-state index in [1.54, 1.807) is 0 Å². The van der Waals surface area contributed by atoms with Gasteiger partial charge in [0.25, 0.3) is 0 Å². The van der Waals surface area contributed by atoms with Crippen LogP contribution in [0.1, 0.15) is 6.42 Å². The molecule has 3 aromatic carbocycles. The van der Waals surface area contributed by atoms with Gasteiger partial charge in [-0.25, -0.2) is 0 Å². The van der Waals surface area contributed by atoms with Crippen LogP contribution in [0.3, 0.4) is 0 Å². The fraction of sp³-hybridized carbons (Fsp3) is 0.150. The Hall–Kier alpha value is -1.81. The fourth-order valence-electron chi connectivity index (χ4n) is 3.30. The van der Waals surface area contributed by atoms with E-state index in [-0.39, 0.29) is 6.42 Å². The second-order valence-electron chi connectivity index (χ2n) is 6.12. The number of hydrogen-bond donors (Lipinski definition) is 1. The van der Waals surface area contributed by atoms with Crippen molar-refractivity contribution in [3.05, 3.63) is 72.8 Å². The van der Waals surface area contributed by atoms with Gasteiger partial charge in [-0.3, -0.25) is 0 Å². The first-order valence-electron chi connectivity index (χ1n) is 7.87. The molecule has 0 amide bonds. The summed E-state index contributed by atoms with van der Waals surface area (Å²) in [6.07, 6.45) is 0.241. The monoisotopic (exact) mass is 412 g/mol. The van der Waals surface area contributed by atoms with Gasteiger partial charge in [0, 0.05) is 0 Å². The van der Waals surface area contributed by atoms with Crippen molar-refractivity contribution in [2.24, 2.45) is 0 Å². The van der Waals surface area contributed by atoms with Crippen LogP contribution in [0.25, 0.3) is 10.8 Å². The van der Waals surface area contributed by atoms with Crippen molar-refractivity contribution in [2.45, 2.75) is 15.8 Å². The SMILES string of the molecule is [CH3][Sn]([CH2]CC(=O)O)([c]1ccccc1)[c]1cccc2ccccc12. The van der Waals surface area contributed by atoms with E-state index in [1.165, 1.54) is 17.9 Å². The first-order valence-corrected chi connectivity index (χ1v) is 15.6. The van der Waals surface area contributed by atoms with Crippen LogP contribution in [0.15, 0.2) is 72.8 Å². The number of hydrogen-bond acceptors (Lipinski definition) is 1. The third-order valence-corrected chi connectivity index (χ3v) is 17.4. The zero-order chi connectivity index (χ0) is 16.3. The maximum atomic E-state index is 11.2. The average Bonchev–Trinajstić information content (AvgIpc) is 2.60. The van der Waals surface area contributed by atoms with Crippen LogP contribution in [-0.2, 0) is 4.79 Å². The molecule has 116 valence electrons. The molecule has 0 bridgehead atoms. The molecule has 0 radical (unpaired) electrons. The van der Waals surface area contributed by atoms with Gasteiger partial charge in [0.2, 0.25) is 0 Å². The molecule has 0 aliphatic carbocycles. The van der Waals surface area contributed by atoms with Gasteiger partial charge in [-0.15, -0.1) is 0 Å². The number of carboxylic acid groups (broad SMARTS) is 1. The number of carboxylic acids is 1. The molecule has 0 saturated carbocycles. The summed E-state index contributed by atoms with van der Waals surface area (Å²) in [5, 5.41) is 11.7. The Morgan fingerprint density at radius 1 is 0.913 bits per heavy atom. The Balaban J connectivity index is 2.20. The Morgan fingerprint density at radius 2 is 1.57 bits per heavy atom. The molecule has 23 heavy (non-hydrogen) atoms. The Morgan fingerprint density at radius 3 is 2.30 bits per heavy atom. The van der Waals surface area contributed by atoms with E-state index in [9.17, 15) is 9.90 Å². The molecular weight excluding hydrogens is 391 g/mol. The van der Waals surface area contributed by atoms with E-state index in [4.69, 9.17) is 0 Å². The average molecular weight is 411 g/mol. The van der Waals surface area contributed by atoms with Crippen LogP contribution < -0.4 is 7.16 Å². The Kier molecular flexibility index (Phi) is 4.71.